The lowest BCUT2D eigenvalue weighted by Crippen LogP contribution is -2.46. The van der Waals surface area contributed by atoms with Crippen molar-refractivity contribution in [2.75, 3.05) is 7.05 Å². The number of nitrogens with one attached hydrogen (secondary N) is 2. The molecule has 1 aromatic carbocycles. The summed E-state index contributed by atoms with van der Waals surface area (Å²) < 4.78 is 0. The SMILES string of the molecule is CN(Cc1c[nH]c2ccccc12)C1CC2CCC(C1)N2. The molecule has 2 atom stereocenters. The first-order valence-electron chi connectivity index (χ1n) is 7.81. The van der Waals surface area contributed by atoms with E-state index in [0.717, 1.165) is 24.7 Å². The lowest BCUT2D eigenvalue weighted by molar-refractivity contribution is 0.166. The number of fused-ring (bicyclic) bond motifs is 3. The van der Waals surface area contributed by atoms with Crippen LogP contribution in [0.4, 0.5) is 0 Å². The summed E-state index contributed by atoms with van der Waals surface area (Å²) in [4.78, 5) is 5.94. The van der Waals surface area contributed by atoms with Crippen molar-refractivity contribution in [3.8, 4) is 0 Å². The molecule has 2 N–H and O–H groups in total. The van der Waals surface area contributed by atoms with Gasteiger partial charge in [0.05, 0.1) is 0 Å². The van der Waals surface area contributed by atoms with Gasteiger partial charge in [0.25, 0.3) is 0 Å². The fraction of sp³-hybridized carbons (Fsp3) is 0.529. The maximum Gasteiger partial charge on any atom is 0.0457 e. The van der Waals surface area contributed by atoms with Gasteiger partial charge < -0.3 is 10.3 Å². The Morgan fingerprint density at radius 2 is 1.90 bits per heavy atom. The standard InChI is InChI=1S/C17H23N3/c1-20(15-8-13-6-7-14(9-15)19-13)11-12-10-18-17-5-3-2-4-16(12)17/h2-5,10,13-15,18-19H,6-9,11H2,1H3. The minimum absolute atomic E-state index is 0.738. The van der Waals surface area contributed by atoms with Gasteiger partial charge in [-0.1, -0.05) is 18.2 Å². The number of aromatic amines is 1. The van der Waals surface area contributed by atoms with Crippen LogP contribution >= 0.6 is 0 Å². The van der Waals surface area contributed by atoms with Gasteiger partial charge in [0, 0.05) is 41.8 Å². The molecular formula is C17H23N3. The van der Waals surface area contributed by atoms with Crippen molar-refractivity contribution in [3.63, 3.8) is 0 Å². The molecule has 0 spiro atoms. The largest absolute Gasteiger partial charge is 0.361 e. The molecule has 3 heterocycles. The third-order valence-corrected chi connectivity index (χ3v) is 5.17. The van der Waals surface area contributed by atoms with Crippen molar-refractivity contribution < 1.29 is 0 Å². The molecule has 2 fully saturated rings. The maximum atomic E-state index is 3.73. The van der Waals surface area contributed by atoms with Crippen LogP contribution in [0.1, 0.15) is 31.2 Å². The number of para-hydroxylation sites is 1. The predicted octanol–water partition coefficient (Wildman–Crippen LogP) is 2.88. The van der Waals surface area contributed by atoms with Crippen molar-refractivity contribution in [3.05, 3.63) is 36.0 Å². The van der Waals surface area contributed by atoms with Crippen molar-refractivity contribution in [1.29, 1.82) is 0 Å². The minimum atomic E-state index is 0.738. The van der Waals surface area contributed by atoms with E-state index < -0.39 is 0 Å². The highest BCUT2D eigenvalue weighted by Gasteiger charge is 2.35. The summed E-state index contributed by atoms with van der Waals surface area (Å²) in [7, 11) is 2.29. The molecule has 2 bridgehead atoms. The Hall–Kier alpha value is -1.32. The predicted molar refractivity (Wildman–Crippen MR) is 82.7 cm³/mol. The third-order valence-electron chi connectivity index (χ3n) is 5.17. The first-order chi connectivity index (χ1) is 9.79. The van der Waals surface area contributed by atoms with Crippen molar-refractivity contribution in [1.82, 2.24) is 15.2 Å². The van der Waals surface area contributed by atoms with Crippen molar-refractivity contribution >= 4 is 10.9 Å². The molecule has 2 unspecified atom stereocenters. The summed E-state index contributed by atoms with van der Waals surface area (Å²) in [5.41, 5.74) is 2.68. The number of hydrogen-bond acceptors (Lipinski definition) is 2. The van der Waals surface area contributed by atoms with Gasteiger partial charge in [-0.15, -0.1) is 0 Å². The van der Waals surface area contributed by atoms with Gasteiger partial charge in [-0.05, 0) is 44.4 Å². The van der Waals surface area contributed by atoms with E-state index in [1.165, 1.54) is 42.1 Å². The van der Waals surface area contributed by atoms with E-state index in [9.17, 15) is 0 Å². The van der Waals surface area contributed by atoms with E-state index >= 15 is 0 Å². The van der Waals surface area contributed by atoms with Gasteiger partial charge >= 0.3 is 0 Å². The molecule has 106 valence electrons. The quantitative estimate of drug-likeness (QED) is 0.897. The lowest BCUT2D eigenvalue weighted by Gasteiger charge is -2.35. The molecule has 2 aliphatic heterocycles. The fourth-order valence-corrected chi connectivity index (χ4v) is 4.05. The number of benzene rings is 1. The van der Waals surface area contributed by atoms with E-state index in [2.05, 4.69) is 52.7 Å². The number of rotatable bonds is 3. The Kier molecular flexibility index (Phi) is 3.04. The molecule has 0 aliphatic carbocycles. The molecule has 2 aromatic rings. The van der Waals surface area contributed by atoms with E-state index in [1.54, 1.807) is 0 Å². The van der Waals surface area contributed by atoms with E-state index in [0.29, 0.717) is 0 Å². The minimum Gasteiger partial charge on any atom is -0.361 e. The van der Waals surface area contributed by atoms with Crippen LogP contribution < -0.4 is 5.32 Å². The van der Waals surface area contributed by atoms with Crippen LogP contribution in [0.25, 0.3) is 10.9 Å². The van der Waals surface area contributed by atoms with Gasteiger partial charge in [0.2, 0.25) is 0 Å². The summed E-state index contributed by atoms with van der Waals surface area (Å²) in [5, 5.41) is 5.10. The zero-order chi connectivity index (χ0) is 13.5. The average molecular weight is 269 g/mol. The zero-order valence-corrected chi connectivity index (χ0v) is 12.1. The van der Waals surface area contributed by atoms with Crippen LogP contribution in [0.5, 0.6) is 0 Å². The lowest BCUT2D eigenvalue weighted by atomic mass is 9.98. The van der Waals surface area contributed by atoms with Crippen LogP contribution in [-0.4, -0.2) is 35.1 Å². The van der Waals surface area contributed by atoms with E-state index in [4.69, 9.17) is 0 Å². The normalized spacial score (nSPS) is 29.4. The molecule has 0 amide bonds. The molecule has 4 rings (SSSR count). The molecule has 20 heavy (non-hydrogen) atoms. The van der Waals surface area contributed by atoms with Gasteiger partial charge in [0.15, 0.2) is 0 Å². The Balaban J connectivity index is 1.51. The van der Waals surface area contributed by atoms with Crippen molar-refractivity contribution in [2.24, 2.45) is 0 Å². The number of aromatic nitrogens is 1. The van der Waals surface area contributed by atoms with Gasteiger partial charge in [-0.2, -0.15) is 0 Å². The summed E-state index contributed by atoms with van der Waals surface area (Å²) in [6, 6.07) is 10.9. The number of H-pyrrole nitrogens is 1. The Morgan fingerprint density at radius 1 is 1.15 bits per heavy atom. The van der Waals surface area contributed by atoms with Crippen LogP contribution in [0.2, 0.25) is 0 Å². The molecule has 0 saturated carbocycles. The molecule has 2 aliphatic rings. The molecule has 2 saturated heterocycles. The molecule has 1 aromatic heterocycles. The van der Waals surface area contributed by atoms with Gasteiger partial charge in [-0.25, -0.2) is 0 Å². The number of hydrogen-bond donors (Lipinski definition) is 2. The zero-order valence-electron chi connectivity index (χ0n) is 12.1. The maximum absolute atomic E-state index is 3.73. The summed E-state index contributed by atoms with van der Waals surface area (Å²) in [5.74, 6) is 0. The van der Waals surface area contributed by atoms with Gasteiger partial charge in [-0.3, -0.25) is 4.90 Å². The van der Waals surface area contributed by atoms with E-state index in [-0.39, 0.29) is 0 Å². The highest BCUT2D eigenvalue weighted by Crippen LogP contribution is 2.30. The molecule has 0 radical (unpaired) electrons. The topological polar surface area (TPSA) is 31.1 Å². The smallest absolute Gasteiger partial charge is 0.0457 e. The van der Waals surface area contributed by atoms with Crippen LogP contribution in [0.3, 0.4) is 0 Å². The van der Waals surface area contributed by atoms with Gasteiger partial charge in [0.1, 0.15) is 0 Å². The second kappa shape index (κ2) is 4.90. The number of piperidine rings is 1. The molecule has 3 nitrogen and oxygen atoms in total. The van der Waals surface area contributed by atoms with Crippen molar-refractivity contribution in [2.45, 2.75) is 50.4 Å². The Labute approximate surface area is 120 Å². The average Bonchev–Trinajstić information content (AvgIpc) is 3.03. The molecular weight excluding hydrogens is 246 g/mol. The second-order valence-corrected chi connectivity index (χ2v) is 6.54. The summed E-state index contributed by atoms with van der Waals surface area (Å²) in [6.45, 7) is 1.05. The highest BCUT2D eigenvalue weighted by molar-refractivity contribution is 5.82. The monoisotopic (exact) mass is 269 g/mol. The second-order valence-electron chi connectivity index (χ2n) is 6.54. The first kappa shape index (κ1) is 12.4. The van der Waals surface area contributed by atoms with E-state index in [1.807, 2.05) is 0 Å². The molecule has 3 heteroatoms. The third kappa shape index (κ3) is 2.15. The van der Waals surface area contributed by atoms with Crippen LogP contribution in [0.15, 0.2) is 30.5 Å². The number of nitrogens with zero attached hydrogens (tertiary/aromatic N) is 1. The summed E-state index contributed by atoms with van der Waals surface area (Å²) >= 11 is 0. The van der Waals surface area contributed by atoms with Crippen LogP contribution in [0, 0.1) is 0 Å². The fourth-order valence-electron chi connectivity index (χ4n) is 4.05. The Morgan fingerprint density at radius 3 is 2.70 bits per heavy atom. The highest BCUT2D eigenvalue weighted by atomic mass is 15.2. The Bertz CT molecular complexity index is 591. The first-order valence-corrected chi connectivity index (χ1v) is 7.81. The van der Waals surface area contributed by atoms with Crippen LogP contribution in [-0.2, 0) is 6.54 Å². The summed E-state index contributed by atoms with van der Waals surface area (Å²) in [6.07, 6.45) is 7.56.